The Bertz CT molecular complexity index is 1250. The topological polar surface area (TPSA) is 65.7 Å². The molecule has 0 aliphatic heterocycles. The van der Waals surface area contributed by atoms with Crippen LogP contribution in [-0.4, -0.2) is 29.6 Å². The highest BCUT2D eigenvalue weighted by Gasteiger charge is 2.18. The summed E-state index contributed by atoms with van der Waals surface area (Å²) in [5.41, 5.74) is 1.23. The molecule has 0 unspecified atom stereocenters. The van der Waals surface area contributed by atoms with Gasteiger partial charge in [0.1, 0.15) is 5.82 Å². The van der Waals surface area contributed by atoms with Gasteiger partial charge in [-0.25, -0.2) is 4.98 Å². The van der Waals surface area contributed by atoms with Crippen LogP contribution in [0.15, 0.2) is 49.2 Å². The van der Waals surface area contributed by atoms with E-state index < -0.39 is 0 Å². The minimum atomic E-state index is -0.205. The van der Waals surface area contributed by atoms with Crippen molar-refractivity contribution in [1.82, 2.24) is 9.66 Å². The van der Waals surface area contributed by atoms with Crippen molar-refractivity contribution in [3.05, 3.63) is 61.0 Å². The highest BCUT2D eigenvalue weighted by atomic mass is 79.9. The molecule has 2 aromatic carbocycles. The van der Waals surface area contributed by atoms with Crippen LogP contribution >= 0.6 is 31.9 Å². The van der Waals surface area contributed by atoms with Crippen molar-refractivity contribution in [2.24, 2.45) is 10.5 Å². The van der Waals surface area contributed by atoms with E-state index in [1.165, 1.54) is 4.68 Å². The lowest BCUT2D eigenvalue weighted by Gasteiger charge is -2.21. The number of ether oxygens (including phenoxy) is 2. The Kier molecular flexibility index (Phi) is 8.00. The Morgan fingerprint density at radius 1 is 1.21 bits per heavy atom. The molecule has 1 atom stereocenters. The van der Waals surface area contributed by atoms with E-state index in [-0.39, 0.29) is 16.9 Å². The lowest BCUT2D eigenvalue weighted by atomic mass is 9.99. The number of hydrogen-bond acceptors (Lipinski definition) is 5. The molecule has 0 aliphatic rings. The van der Waals surface area contributed by atoms with Crippen molar-refractivity contribution in [2.45, 2.75) is 47.0 Å². The maximum Gasteiger partial charge on any atom is 0.282 e. The molecule has 1 heterocycles. The lowest BCUT2D eigenvalue weighted by molar-refractivity contribution is 0.190. The summed E-state index contributed by atoms with van der Waals surface area (Å²) in [6.45, 7) is 11.0. The second kappa shape index (κ2) is 10.4. The first-order chi connectivity index (χ1) is 15.5. The van der Waals surface area contributed by atoms with Gasteiger partial charge in [-0.1, -0.05) is 50.5 Å². The molecule has 6 nitrogen and oxygen atoms in total. The van der Waals surface area contributed by atoms with Crippen molar-refractivity contribution in [2.75, 3.05) is 13.7 Å². The Hall–Kier alpha value is -2.19. The molecule has 0 radical (unpaired) electrons. The van der Waals surface area contributed by atoms with Crippen LogP contribution in [-0.2, 0) is 0 Å². The van der Waals surface area contributed by atoms with Crippen LogP contribution in [0, 0.1) is 5.41 Å². The fraction of sp³-hybridized carbons (Fsp3) is 0.400. The van der Waals surface area contributed by atoms with Gasteiger partial charge in [-0.2, -0.15) is 9.78 Å². The van der Waals surface area contributed by atoms with Gasteiger partial charge in [0.15, 0.2) is 11.5 Å². The molecule has 176 valence electrons. The van der Waals surface area contributed by atoms with E-state index >= 15 is 0 Å². The van der Waals surface area contributed by atoms with Crippen LogP contribution in [0.4, 0.5) is 0 Å². The van der Waals surface area contributed by atoms with E-state index in [0.717, 1.165) is 20.9 Å². The van der Waals surface area contributed by atoms with Gasteiger partial charge in [0.25, 0.3) is 5.56 Å². The van der Waals surface area contributed by atoms with Gasteiger partial charge >= 0.3 is 0 Å². The Morgan fingerprint density at radius 3 is 2.58 bits per heavy atom. The van der Waals surface area contributed by atoms with Gasteiger partial charge in [0.05, 0.1) is 35.3 Å². The van der Waals surface area contributed by atoms with Gasteiger partial charge in [-0.15, -0.1) is 0 Å². The van der Waals surface area contributed by atoms with E-state index in [4.69, 9.17) is 14.5 Å². The van der Waals surface area contributed by atoms with Crippen LogP contribution in [0.5, 0.6) is 11.5 Å². The summed E-state index contributed by atoms with van der Waals surface area (Å²) in [4.78, 5) is 18.0. The molecule has 0 amide bonds. The standard InChI is InChI=1S/C25H29Br2N3O3/c1-7-15(2)23-29-20-9-8-17(26)12-18(20)24(31)30(23)28-13-16-10-19(27)22(21(11-16)32-6)33-14-25(3,4)5/h8-13,15H,7,14H2,1-6H3/t15-/m1/s1. The van der Waals surface area contributed by atoms with E-state index in [9.17, 15) is 4.79 Å². The van der Waals surface area contributed by atoms with Crippen molar-refractivity contribution in [3.8, 4) is 11.5 Å². The van der Waals surface area contributed by atoms with E-state index in [1.54, 1.807) is 19.4 Å². The number of nitrogens with zero attached hydrogens (tertiary/aromatic N) is 3. The number of rotatable bonds is 7. The molecule has 3 rings (SSSR count). The summed E-state index contributed by atoms with van der Waals surface area (Å²) in [7, 11) is 1.60. The number of aromatic nitrogens is 2. The zero-order valence-electron chi connectivity index (χ0n) is 19.8. The smallest absolute Gasteiger partial charge is 0.282 e. The lowest BCUT2D eigenvalue weighted by Crippen LogP contribution is -2.23. The van der Waals surface area contributed by atoms with Gasteiger partial charge in [0.2, 0.25) is 0 Å². The fourth-order valence-corrected chi connectivity index (χ4v) is 4.08. The van der Waals surface area contributed by atoms with Gasteiger partial charge in [-0.3, -0.25) is 4.79 Å². The third-order valence-corrected chi connectivity index (χ3v) is 6.19. The van der Waals surface area contributed by atoms with Crippen molar-refractivity contribution in [1.29, 1.82) is 0 Å². The predicted octanol–water partition coefficient (Wildman–Crippen LogP) is 6.75. The first kappa shape index (κ1) is 25.4. The number of halogens is 2. The molecule has 0 bridgehead atoms. The summed E-state index contributed by atoms with van der Waals surface area (Å²) in [5, 5.41) is 5.05. The number of benzene rings is 2. The second-order valence-electron chi connectivity index (χ2n) is 9.19. The zero-order chi connectivity index (χ0) is 24.3. The molecule has 0 spiro atoms. The molecule has 3 aromatic rings. The summed E-state index contributed by atoms with van der Waals surface area (Å²) in [6.07, 6.45) is 2.47. The molecule has 0 fully saturated rings. The highest BCUT2D eigenvalue weighted by Crippen LogP contribution is 2.37. The van der Waals surface area contributed by atoms with Crippen LogP contribution in [0.2, 0.25) is 0 Å². The third kappa shape index (κ3) is 6.03. The van der Waals surface area contributed by atoms with Crippen LogP contribution < -0.4 is 15.0 Å². The largest absolute Gasteiger partial charge is 0.493 e. The minimum absolute atomic E-state index is 0.0101. The van der Waals surface area contributed by atoms with Crippen LogP contribution in [0.25, 0.3) is 10.9 Å². The Balaban J connectivity index is 2.07. The molecule has 0 aliphatic carbocycles. The number of hydrogen-bond donors (Lipinski definition) is 0. The molecular weight excluding hydrogens is 550 g/mol. The third-order valence-electron chi connectivity index (χ3n) is 5.11. The first-order valence-electron chi connectivity index (χ1n) is 10.8. The molecule has 8 heteroatoms. The van der Waals surface area contributed by atoms with E-state index in [1.807, 2.05) is 31.2 Å². The van der Waals surface area contributed by atoms with Crippen molar-refractivity contribution < 1.29 is 9.47 Å². The molecular formula is C25H29Br2N3O3. The zero-order valence-corrected chi connectivity index (χ0v) is 22.9. The average molecular weight is 579 g/mol. The maximum atomic E-state index is 13.3. The number of fused-ring (bicyclic) bond motifs is 1. The average Bonchev–Trinajstić information content (AvgIpc) is 2.76. The normalized spacial score (nSPS) is 13.0. The highest BCUT2D eigenvalue weighted by molar-refractivity contribution is 9.10. The van der Waals surface area contributed by atoms with Gasteiger partial charge in [0, 0.05) is 10.4 Å². The Morgan fingerprint density at radius 2 is 1.94 bits per heavy atom. The molecule has 1 aromatic heterocycles. The fourth-order valence-electron chi connectivity index (χ4n) is 3.15. The first-order valence-corrected chi connectivity index (χ1v) is 12.4. The van der Waals surface area contributed by atoms with E-state index in [2.05, 4.69) is 64.7 Å². The van der Waals surface area contributed by atoms with Gasteiger partial charge in [-0.05, 0) is 63.7 Å². The summed E-state index contributed by atoms with van der Waals surface area (Å²) in [5.74, 6) is 1.92. The maximum absolute atomic E-state index is 13.3. The minimum Gasteiger partial charge on any atom is -0.493 e. The Labute approximate surface area is 211 Å². The van der Waals surface area contributed by atoms with Crippen molar-refractivity contribution >= 4 is 49.0 Å². The molecule has 33 heavy (non-hydrogen) atoms. The molecule has 0 N–H and O–H groups in total. The monoisotopic (exact) mass is 577 g/mol. The summed E-state index contributed by atoms with van der Waals surface area (Å²) in [6, 6.07) is 9.24. The van der Waals surface area contributed by atoms with Crippen LogP contribution in [0.3, 0.4) is 0 Å². The van der Waals surface area contributed by atoms with Crippen molar-refractivity contribution in [3.63, 3.8) is 0 Å². The summed E-state index contributed by atoms with van der Waals surface area (Å²) >= 11 is 7.02. The van der Waals surface area contributed by atoms with E-state index in [0.29, 0.717) is 34.8 Å². The SMILES string of the molecule is CC[C@@H](C)c1nc2ccc(Br)cc2c(=O)n1N=Cc1cc(Br)c(OCC(C)(C)C)c(OC)c1. The quantitative estimate of drug-likeness (QED) is 0.291. The molecule has 0 saturated carbocycles. The molecule has 0 saturated heterocycles. The van der Waals surface area contributed by atoms with Gasteiger partial charge < -0.3 is 9.47 Å². The number of methoxy groups -OCH3 is 1. The predicted molar refractivity (Wildman–Crippen MR) is 141 cm³/mol. The second-order valence-corrected chi connectivity index (χ2v) is 11.0. The van der Waals surface area contributed by atoms with Crippen LogP contribution in [0.1, 0.15) is 58.3 Å². The summed E-state index contributed by atoms with van der Waals surface area (Å²) < 4.78 is 14.5.